The molecular formula is C20H19F2NO. The summed E-state index contributed by atoms with van der Waals surface area (Å²) in [6.45, 7) is 1.83. The van der Waals surface area contributed by atoms with Gasteiger partial charge in [0, 0.05) is 24.2 Å². The first-order chi connectivity index (χ1) is 11.8. The molecule has 2 nitrogen and oxygen atoms in total. The Morgan fingerprint density at radius 3 is 2.08 bits per heavy atom. The molecule has 4 heteroatoms. The molecule has 1 heterocycles. The van der Waals surface area contributed by atoms with Gasteiger partial charge in [0.1, 0.15) is 17.7 Å². The summed E-state index contributed by atoms with van der Waals surface area (Å²) in [5.74, 6) is -0.793. The smallest absolute Gasteiger partial charge is 0.129 e. The number of allylic oxidation sites excluding steroid dienone is 2. The van der Waals surface area contributed by atoms with E-state index in [1.165, 1.54) is 12.1 Å². The normalized spacial score (nSPS) is 13.7. The van der Waals surface area contributed by atoms with Crippen molar-refractivity contribution in [3.8, 4) is 0 Å². The Bertz CT molecular complexity index is 696. The van der Waals surface area contributed by atoms with Crippen LogP contribution in [0.25, 0.3) is 0 Å². The standard InChI is InChI=1S/C20H19F2NO/c21-18-10-4-2-8-16(18)20(17-9-3-5-11-19(17)22)24-15-14-23-12-6-1-7-13-23/h1-12,20H,13-15H2. The van der Waals surface area contributed by atoms with E-state index in [2.05, 4.69) is 4.90 Å². The highest BCUT2D eigenvalue weighted by Crippen LogP contribution is 2.29. The average Bonchev–Trinajstić information content (AvgIpc) is 2.61. The highest BCUT2D eigenvalue weighted by molar-refractivity contribution is 5.32. The van der Waals surface area contributed by atoms with Gasteiger partial charge in [0.05, 0.1) is 6.61 Å². The minimum absolute atomic E-state index is 0.344. The number of rotatable bonds is 6. The van der Waals surface area contributed by atoms with Crippen LogP contribution in [0, 0.1) is 11.6 Å². The summed E-state index contributed by atoms with van der Waals surface area (Å²) < 4.78 is 34.3. The van der Waals surface area contributed by atoms with Crippen LogP contribution in [0.1, 0.15) is 17.2 Å². The van der Waals surface area contributed by atoms with Gasteiger partial charge in [-0.3, -0.25) is 0 Å². The summed E-state index contributed by atoms with van der Waals surface area (Å²) >= 11 is 0. The Hall–Kier alpha value is -2.46. The number of hydrogen-bond donors (Lipinski definition) is 0. The highest BCUT2D eigenvalue weighted by Gasteiger charge is 2.21. The Morgan fingerprint density at radius 1 is 0.917 bits per heavy atom. The van der Waals surface area contributed by atoms with Crippen molar-refractivity contribution in [2.45, 2.75) is 6.10 Å². The minimum Gasteiger partial charge on any atom is -0.371 e. The maximum Gasteiger partial charge on any atom is 0.129 e. The lowest BCUT2D eigenvalue weighted by atomic mass is 10.0. The zero-order valence-electron chi connectivity index (χ0n) is 13.2. The molecule has 0 bridgehead atoms. The topological polar surface area (TPSA) is 12.5 Å². The van der Waals surface area contributed by atoms with Crippen molar-refractivity contribution in [3.05, 3.63) is 95.7 Å². The van der Waals surface area contributed by atoms with Crippen LogP contribution in [0.15, 0.2) is 73.0 Å². The minimum atomic E-state index is -0.767. The molecular weight excluding hydrogens is 308 g/mol. The van der Waals surface area contributed by atoms with E-state index < -0.39 is 17.7 Å². The first-order valence-electron chi connectivity index (χ1n) is 7.93. The molecule has 0 N–H and O–H groups in total. The predicted octanol–water partition coefficient (Wildman–Crippen LogP) is 4.46. The molecule has 1 aliphatic heterocycles. The molecule has 2 aromatic rings. The summed E-state index contributed by atoms with van der Waals surface area (Å²) in [6, 6.07) is 12.7. The van der Waals surface area contributed by atoms with Crippen molar-refractivity contribution in [3.63, 3.8) is 0 Å². The van der Waals surface area contributed by atoms with Crippen LogP contribution >= 0.6 is 0 Å². The van der Waals surface area contributed by atoms with Gasteiger partial charge in [0.2, 0.25) is 0 Å². The van der Waals surface area contributed by atoms with Gasteiger partial charge in [-0.15, -0.1) is 0 Å². The average molecular weight is 327 g/mol. The van der Waals surface area contributed by atoms with Crippen molar-refractivity contribution < 1.29 is 13.5 Å². The number of ether oxygens (including phenoxy) is 1. The maximum absolute atomic E-state index is 14.2. The molecule has 0 unspecified atom stereocenters. The lowest BCUT2D eigenvalue weighted by Gasteiger charge is -2.24. The lowest BCUT2D eigenvalue weighted by Crippen LogP contribution is -2.24. The molecule has 1 aliphatic rings. The van der Waals surface area contributed by atoms with Gasteiger partial charge >= 0.3 is 0 Å². The molecule has 2 aromatic carbocycles. The second-order valence-electron chi connectivity index (χ2n) is 5.56. The van der Waals surface area contributed by atoms with E-state index in [1.807, 2.05) is 24.4 Å². The van der Waals surface area contributed by atoms with Crippen LogP contribution in [0.5, 0.6) is 0 Å². The SMILES string of the molecule is Fc1ccccc1C(OCCN1C=CC=CC1)c1ccccc1F. The van der Waals surface area contributed by atoms with Gasteiger partial charge in [0.25, 0.3) is 0 Å². The Kier molecular flexibility index (Phi) is 5.39. The molecule has 0 saturated carbocycles. The number of benzene rings is 2. The molecule has 0 fully saturated rings. The maximum atomic E-state index is 14.2. The number of halogens is 2. The van der Waals surface area contributed by atoms with Crippen LogP contribution in [0.3, 0.4) is 0 Å². The first kappa shape index (κ1) is 16.4. The van der Waals surface area contributed by atoms with Crippen LogP contribution < -0.4 is 0 Å². The first-order valence-corrected chi connectivity index (χ1v) is 7.93. The molecule has 0 saturated heterocycles. The van der Waals surface area contributed by atoms with E-state index in [0.717, 1.165) is 6.54 Å². The van der Waals surface area contributed by atoms with Crippen molar-refractivity contribution >= 4 is 0 Å². The molecule has 0 radical (unpaired) electrons. The van der Waals surface area contributed by atoms with Crippen molar-refractivity contribution in [1.29, 1.82) is 0 Å². The Labute approximate surface area is 140 Å². The van der Waals surface area contributed by atoms with E-state index >= 15 is 0 Å². The van der Waals surface area contributed by atoms with Gasteiger partial charge < -0.3 is 9.64 Å². The summed E-state index contributed by atoms with van der Waals surface area (Å²) in [7, 11) is 0. The highest BCUT2D eigenvalue weighted by atomic mass is 19.1. The summed E-state index contributed by atoms with van der Waals surface area (Å²) in [5, 5.41) is 0. The zero-order chi connectivity index (χ0) is 16.8. The fourth-order valence-corrected chi connectivity index (χ4v) is 2.68. The summed E-state index contributed by atoms with van der Waals surface area (Å²) in [4.78, 5) is 2.08. The van der Waals surface area contributed by atoms with Crippen LogP contribution in [0.2, 0.25) is 0 Å². The van der Waals surface area contributed by atoms with Gasteiger partial charge in [-0.25, -0.2) is 8.78 Å². The molecule has 0 amide bonds. The summed E-state index contributed by atoms with van der Waals surface area (Å²) in [5.41, 5.74) is 0.688. The van der Waals surface area contributed by atoms with Gasteiger partial charge in [-0.1, -0.05) is 48.6 Å². The fourth-order valence-electron chi connectivity index (χ4n) is 2.68. The Balaban J connectivity index is 1.78. The van der Waals surface area contributed by atoms with Crippen LogP contribution in [0.4, 0.5) is 8.78 Å². The Morgan fingerprint density at radius 2 is 1.54 bits per heavy atom. The van der Waals surface area contributed by atoms with E-state index in [4.69, 9.17) is 4.74 Å². The van der Waals surface area contributed by atoms with E-state index in [0.29, 0.717) is 24.3 Å². The van der Waals surface area contributed by atoms with Gasteiger partial charge in [-0.2, -0.15) is 0 Å². The molecule has 124 valence electrons. The molecule has 0 spiro atoms. The van der Waals surface area contributed by atoms with E-state index in [1.54, 1.807) is 36.4 Å². The number of hydrogen-bond acceptors (Lipinski definition) is 2. The van der Waals surface area contributed by atoms with E-state index in [9.17, 15) is 8.78 Å². The zero-order valence-corrected chi connectivity index (χ0v) is 13.2. The van der Waals surface area contributed by atoms with Crippen molar-refractivity contribution in [2.24, 2.45) is 0 Å². The molecule has 0 aliphatic carbocycles. The molecule has 24 heavy (non-hydrogen) atoms. The van der Waals surface area contributed by atoms with Gasteiger partial charge in [0.15, 0.2) is 0 Å². The monoisotopic (exact) mass is 327 g/mol. The molecule has 0 atom stereocenters. The number of nitrogens with zero attached hydrogens (tertiary/aromatic N) is 1. The second kappa shape index (κ2) is 7.88. The van der Waals surface area contributed by atoms with Crippen molar-refractivity contribution in [2.75, 3.05) is 19.7 Å². The molecule has 3 rings (SSSR count). The van der Waals surface area contributed by atoms with Crippen LogP contribution in [-0.4, -0.2) is 24.6 Å². The summed E-state index contributed by atoms with van der Waals surface area (Å²) in [6.07, 6.45) is 7.19. The van der Waals surface area contributed by atoms with Gasteiger partial charge in [-0.05, 0) is 24.4 Å². The second-order valence-corrected chi connectivity index (χ2v) is 5.56. The predicted molar refractivity (Wildman–Crippen MR) is 90.4 cm³/mol. The third-order valence-electron chi connectivity index (χ3n) is 3.92. The third-order valence-corrected chi connectivity index (χ3v) is 3.92. The quantitative estimate of drug-likeness (QED) is 0.777. The van der Waals surface area contributed by atoms with Crippen molar-refractivity contribution in [1.82, 2.24) is 4.90 Å². The van der Waals surface area contributed by atoms with E-state index in [-0.39, 0.29) is 0 Å². The lowest BCUT2D eigenvalue weighted by molar-refractivity contribution is 0.0650. The largest absolute Gasteiger partial charge is 0.371 e. The fraction of sp³-hybridized carbons (Fsp3) is 0.200. The molecule has 0 aromatic heterocycles. The third kappa shape index (κ3) is 3.89. The van der Waals surface area contributed by atoms with Crippen LogP contribution in [-0.2, 0) is 4.74 Å².